The third-order valence-electron chi connectivity index (χ3n) is 2.15. The van der Waals surface area contributed by atoms with E-state index in [1.807, 2.05) is 0 Å². The summed E-state index contributed by atoms with van der Waals surface area (Å²) >= 11 is 5.39. The first kappa shape index (κ1) is 13.6. The number of para-hydroxylation sites is 1. The Hall–Kier alpha value is -1.42. The standard InChI is InChI=1S/C12H15ClO4/c1-15-10-4-3-5-11(12(10)16-2)17-7-6-9(14)8-13/h3-5H,6-8H2,1-2H3. The number of ketones is 1. The van der Waals surface area contributed by atoms with E-state index in [0.29, 0.717) is 17.2 Å². The normalized spacial score (nSPS) is 9.82. The smallest absolute Gasteiger partial charge is 0.203 e. The van der Waals surface area contributed by atoms with E-state index < -0.39 is 0 Å². The average Bonchev–Trinajstić information content (AvgIpc) is 2.37. The number of benzene rings is 1. The molecule has 4 nitrogen and oxygen atoms in total. The van der Waals surface area contributed by atoms with Crippen molar-refractivity contribution in [1.29, 1.82) is 0 Å². The molecule has 0 radical (unpaired) electrons. The first-order valence-electron chi connectivity index (χ1n) is 5.14. The highest BCUT2D eigenvalue weighted by molar-refractivity contribution is 6.27. The summed E-state index contributed by atoms with van der Waals surface area (Å²) < 4.78 is 15.8. The van der Waals surface area contributed by atoms with Crippen LogP contribution in [0.3, 0.4) is 0 Å². The molecule has 0 atom stereocenters. The summed E-state index contributed by atoms with van der Waals surface area (Å²) in [4.78, 5) is 11.0. The van der Waals surface area contributed by atoms with Gasteiger partial charge in [-0.25, -0.2) is 0 Å². The first-order valence-corrected chi connectivity index (χ1v) is 5.67. The topological polar surface area (TPSA) is 44.8 Å². The molecule has 17 heavy (non-hydrogen) atoms. The van der Waals surface area contributed by atoms with Gasteiger partial charge < -0.3 is 14.2 Å². The first-order chi connectivity index (χ1) is 8.22. The van der Waals surface area contributed by atoms with Crippen molar-refractivity contribution in [3.8, 4) is 17.2 Å². The largest absolute Gasteiger partial charge is 0.493 e. The second-order valence-electron chi connectivity index (χ2n) is 3.26. The van der Waals surface area contributed by atoms with Gasteiger partial charge in [-0.3, -0.25) is 4.79 Å². The number of hydrogen-bond donors (Lipinski definition) is 0. The lowest BCUT2D eigenvalue weighted by molar-refractivity contribution is -0.117. The molecule has 0 N–H and O–H groups in total. The van der Waals surface area contributed by atoms with Gasteiger partial charge in [0.05, 0.1) is 26.7 Å². The Morgan fingerprint density at radius 3 is 2.53 bits per heavy atom. The Balaban J connectivity index is 2.67. The van der Waals surface area contributed by atoms with Crippen LogP contribution >= 0.6 is 11.6 Å². The zero-order chi connectivity index (χ0) is 12.7. The van der Waals surface area contributed by atoms with Gasteiger partial charge in [0.2, 0.25) is 5.75 Å². The molecule has 0 aliphatic heterocycles. The van der Waals surface area contributed by atoms with E-state index in [-0.39, 0.29) is 24.7 Å². The number of rotatable bonds is 7. The van der Waals surface area contributed by atoms with Crippen LogP contribution in [0.5, 0.6) is 17.2 Å². The molecule has 0 bridgehead atoms. The second kappa shape index (κ2) is 7.01. The molecule has 0 spiro atoms. The molecule has 1 rings (SSSR count). The highest BCUT2D eigenvalue weighted by Gasteiger charge is 2.10. The van der Waals surface area contributed by atoms with Gasteiger partial charge in [-0.15, -0.1) is 11.6 Å². The minimum absolute atomic E-state index is 0.0125. The predicted molar refractivity (Wildman–Crippen MR) is 65.4 cm³/mol. The molecule has 0 fully saturated rings. The Kier molecular flexibility index (Phi) is 5.63. The third-order valence-corrected chi connectivity index (χ3v) is 2.45. The number of alkyl halides is 1. The van der Waals surface area contributed by atoms with Crippen LogP contribution in [-0.2, 0) is 4.79 Å². The van der Waals surface area contributed by atoms with Crippen molar-refractivity contribution in [2.24, 2.45) is 0 Å². The molecule has 0 amide bonds. The minimum atomic E-state index is -0.0477. The van der Waals surface area contributed by atoms with Crippen molar-refractivity contribution in [3.05, 3.63) is 18.2 Å². The van der Waals surface area contributed by atoms with Crippen molar-refractivity contribution in [2.45, 2.75) is 6.42 Å². The highest BCUT2D eigenvalue weighted by atomic mass is 35.5. The van der Waals surface area contributed by atoms with Crippen LogP contribution in [-0.4, -0.2) is 32.5 Å². The number of hydrogen-bond acceptors (Lipinski definition) is 4. The maximum atomic E-state index is 11.0. The minimum Gasteiger partial charge on any atom is -0.493 e. The van der Waals surface area contributed by atoms with Crippen molar-refractivity contribution < 1.29 is 19.0 Å². The summed E-state index contributed by atoms with van der Waals surface area (Å²) in [5.74, 6) is 1.63. The summed E-state index contributed by atoms with van der Waals surface area (Å²) in [6, 6.07) is 5.32. The Morgan fingerprint density at radius 1 is 1.24 bits per heavy atom. The van der Waals surface area contributed by atoms with Crippen LogP contribution in [0.4, 0.5) is 0 Å². The van der Waals surface area contributed by atoms with E-state index in [1.54, 1.807) is 25.3 Å². The van der Waals surface area contributed by atoms with Gasteiger partial charge in [0.25, 0.3) is 0 Å². The fourth-order valence-electron chi connectivity index (χ4n) is 1.31. The molecule has 1 aromatic carbocycles. The van der Waals surface area contributed by atoms with Gasteiger partial charge in [0.15, 0.2) is 17.3 Å². The van der Waals surface area contributed by atoms with E-state index >= 15 is 0 Å². The van der Waals surface area contributed by atoms with Crippen LogP contribution < -0.4 is 14.2 Å². The van der Waals surface area contributed by atoms with E-state index in [2.05, 4.69) is 0 Å². The summed E-state index contributed by atoms with van der Waals surface area (Å²) in [5.41, 5.74) is 0. The fraction of sp³-hybridized carbons (Fsp3) is 0.417. The van der Waals surface area contributed by atoms with Gasteiger partial charge in [-0.2, -0.15) is 0 Å². The highest BCUT2D eigenvalue weighted by Crippen LogP contribution is 2.36. The monoisotopic (exact) mass is 258 g/mol. The molecule has 5 heteroatoms. The van der Waals surface area contributed by atoms with E-state index in [0.717, 1.165) is 0 Å². The summed E-state index contributed by atoms with van der Waals surface area (Å²) in [7, 11) is 3.09. The number of carbonyl (C=O) groups is 1. The van der Waals surface area contributed by atoms with E-state index in [1.165, 1.54) is 7.11 Å². The van der Waals surface area contributed by atoms with Gasteiger partial charge in [0.1, 0.15) is 0 Å². The Morgan fingerprint density at radius 2 is 1.94 bits per heavy atom. The summed E-state index contributed by atoms with van der Waals surface area (Å²) in [6.45, 7) is 0.273. The van der Waals surface area contributed by atoms with E-state index in [9.17, 15) is 4.79 Å². The lowest BCUT2D eigenvalue weighted by Gasteiger charge is -2.12. The van der Waals surface area contributed by atoms with Crippen LogP contribution in [0.15, 0.2) is 18.2 Å². The van der Waals surface area contributed by atoms with Gasteiger partial charge in [-0.1, -0.05) is 6.07 Å². The number of halogens is 1. The SMILES string of the molecule is COc1cccc(OCCC(=O)CCl)c1OC. The predicted octanol–water partition coefficient (Wildman–Crippen LogP) is 2.28. The van der Waals surface area contributed by atoms with Gasteiger partial charge >= 0.3 is 0 Å². The molecular formula is C12H15ClO4. The number of Topliss-reactive ketones (excluding diaryl/α,β-unsaturated/α-hetero) is 1. The molecule has 0 aromatic heterocycles. The molecular weight excluding hydrogens is 244 g/mol. The number of ether oxygens (including phenoxy) is 3. The molecule has 0 saturated heterocycles. The van der Waals surface area contributed by atoms with Crippen molar-refractivity contribution in [3.63, 3.8) is 0 Å². The fourth-order valence-corrected chi connectivity index (χ4v) is 1.45. The lowest BCUT2D eigenvalue weighted by atomic mass is 10.3. The van der Waals surface area contributed by atoms with Crippen molar-refractivity contribution >= 4 is 17.4 Å². The van der Waals surface area contributed by atoms with Crippen molar-refractivity contribution in [1.82, 2.24) is 0 Å². The van der Waals surface area contributed by atoms with Crippen LogP contribution in [0.25, 0.3) is 0 Å². The van der Waals surface area contributed by atoms with Crippen LogP contribution in [0, 0.1) is 0 Å². The molecule has 0 unspecified atom stereocenters. The molecule has 0 aliphatic carbocycles. The molecule has 0 saturated carbocycles. The molecule has 0 aliphatic rings. The summed E-state index contributed by atoms with van der Waals surface area (Å²) in [5, 5.41) is 0. The molecule has 1 aromatic rings. The van der Waals surface area contributed by atoms with E-state index in [4.69, 9.17) is 25.8 Å². The number of methoxy groups -OCH3 is 2. The van der Waals surface area contributed by atoms with Crippen LogP contribution in [0.1, 0.15) is 6.42 Å². The van der Waals surface area contributed by atoms with Crippen molar-refractivity contribution in [2.75, 3.05) is 26.7 Å². The zero-order valence-electron chi connectivity index (χ0n) is 9.86. The number of carbonyl (C=O) groups excluding carboxylic acids is 1. The maximum Gasteiger partial charge on any atom is 0.203 e. The molecule has 0 heterocycles. The Labute approximate surface area is 105 Å². The maximum absolute atomic E-state index is 11.0. The summed E-state index contributed by atoms with van der Waals surface area (Å²) in [6.07, 6.45) is 0.282. The quantitative estimate of drug-likeness (QED) is 0.704. The average molecular weight is 259 g/mol. The van der Waals surface area contributed by atoms with Gasteiger partial charge in [-0.05, 0) is 12.1 Å². The third kappa shape index (κ3) is 3.82. The van der Waals surface area contributed by atoms with Gasteiger partial charge in [0, 0.05) is 6.42 Å². The second-order valence-corrected chi connectivity index (χ2v) is 3.53. The lowest BCUT2D eigenvalue weighted by Crippen LogP contribution is -2.07. The zero-order valence-corrected chi connectivity index (χ0v) is 10.6. The van der Waals surface area contributed by atoms with Crippen LogP contribution in [0.2, 0.25) is 0 Å². The molecule has 94 valence electrons. The Bertz CT molecular complexity index is 379.